The standard InChI is InChI=1S/C25H25ClN4S/c1-3-18-7-9-19(10-8-18)21-16-31-24-22(21)23(27-25(26)28-24)30-13-11-29(12-14-30)20-6-4-5-17(2)15-20/h4-10,15-16H,3,11-14H2,1-2H3. The second kappa shape index (κ2) is 8.48. The Bertz CT molecular complexity index is 1210. The maximum absolute atomic E-state index is 6.33. The molecule has 1 aliphatic heterocycles. The highest BCUT2D eigenvalue weighted by Gasteiger charge is 2.23. The molecule has 0 saturated carbocycles. The molecular weight excluding hydrogens is 424 g/mol. The normalized spacial score (nSPS) is 14.4. The molecule has 0 atom stereocenters. The second-order valence-electron chi connectivity index (χ2n) is 8.01. The molecule has 5 rings (SSSR count). The molecule has 0 aliphatic carbocycles. The van der Waals surface area contributed by atoms with Crippen LogP contribution in [0.4, 0.5) is 11.5 Å². The minimum Gasteiger partial charge on any atom is -0.368 e. The molecule has 0 spiro atoms. The van der Waals surface area contributed by atoms with E-state index in [1.807, 2.05) is 0 Å². The van der Waals surface area contributed by atoms with Crippen molar-refractivity contribution in [2.45, 2.75) is 20.3 Å². The first-order valence-electron chi connectivity index (χ1n) is 10.7. The zero-order chi connectivity index (χ0) is 21.4. The van der Waals surface area contributed by atoms with Crippen LogP contribution in [0, 0.1) is 6.92 Å². The van der Waals surface area contributed by atoms with E-state index in [4.69, 9.17) is 16.6 Å². The number of fused-ring (bicyclic) bond motifs is 1. The van der Waals surface area contributed by atoms with E-state index in [1.54, 1.807) is 11.3 Å². The van der Waals surface area contributed by atoms with Crippen LogP contribution in [-0.2, 0) is 6.42 Å². The molecule has 0 unspecified atom stereocenters. The van der Waals surface area contributed by atoms with Gasteiger partial charge in [0.1, 0.15) is 10.6 Å². The van der Waals surface area contributed by atoms with Crippen molar-refractivity contribution >= 4 is 44.7 Å². The van der Waals surface area contributed by atoms with Gasteiger partial charge in [-0.2, -0.15) is 4.98 Å². The molecule has 0 radical (unpaired) electrons. The molecule has 4 nitrogen and oxygen atoms in total. The van der Waals surface area contributed by atoms with Gasteiger partial charge in [0.25, 0.3) is 0 Å². The van der Waals surface area contributed by atoms with E-state index in [0.717, 1.165) is 48.6 Å². The summed E-state index contributed by atoms with van der Waals surface area (Å²) < 4.78 is 0. The summed E-state index contributed by atoms with van der Waals surface area (Å²) in [5, 5.41) is 3.62. The largest absolute Gasteiger partial charge is 0.368 e. The molecule has 6 heteroatoms. The van der Waals surface area contributed by atoms with E-state index in [0.29, 0.717) is 5.28 Å². The number of thiophene rings is 1. The smallest absolute Gasteiger partial charge is 0.225 e. The minimum atomic E-state index is 0.318. The molecule has 0 bridgehead atoms. The van der Waals surface area contributed by atoms with Gasteiger partial charge in [-0.15, -0.1) is 11.3 Å². The highest BCUT2D eigenvalue weighted by molar-refractivity contribution is 7.17. The molecule has 0 N–H and O–H groups in total. The lowest BCUT2D eigenvalue weighted by atomic mass is 10.0. The number of halogens is 1. The van der Waals surface area contributed by atoms with Gasteiger partial charge in [-0.3, -0.25) is 0 Å². The first-order chi connectivity index (χ1) is 15.1. The molecule has 3 heterocycles. The number of hydrogen-bond acceptors (Lipinski definition) is 5. The Hall–Kier alpha value is -2.63. The summed E-state index contributed by atoms with van der Waals surface area (Å²) >= 11 is 7.96. The lowest BCUT2D eigenvalue weighted by molar-refractivity contribution is 0.649. The number of piperazine rings is 1. The predicted molar refractivity (Wildman–Crippen MR) is 133 cm³/mol. The van der Waals surface area contributed by atoms with Crippen LogP contribution >= 0.6 is 22.9 Å². The van der Waals surface area contributed by atoms with Crippen LogP contribution in [0.3, 0.4) is 0 Å². The summed E-state index contributed by atoms with van der Waals surface area (Å²) in [6, 6.07) is 17.5. The second-order valence-corrected chi connectivity index (χ2v) is 9.21. The predicted octanol–water partition coefficient (Wildman–Crippen LogP) is 6.21. The van der Waals surface area contributed by atoms with Gasteiger partial charge in [0.15, 0.2) is 0 Å². The van der Waals surface area contributed by atoms with Gasteiger partial charge in [0.05, 0.1) is 5.39 Å². The van der Waals surface area contributed by atoms with E-state index in [2.05, 4.69) is 82.5 Å². The van der Waals surface area contributed by atoms with Crippen LogP contribution in [0.2, 0.25) is 5.28 Å². The molecule has 2 aromatic heterocycles. The first kappa shape index (κ1) is 20.3. The number of nitrogens with zero attached hydrogens (tertiary/aromatic N) is 4. The molecule has 158 valence electrons. The molecule has 1 fully saturated rings. The maximum atomic E-state index is 6.33. The average molecular weight is 449 g/mol. The van der Waals surface area contributed by atoms with Crippen molar-refractivity contribution in [1.82, 2.24) is 9.97 Å². The van der Waals surface area contributed by atoms with Gasteiger partial charge in [0, 0.05) is 42.8 Å². The SMILES string of the molecule is CCc1ccc(-c2csc3nc(Cl)nc(N4CCN(c5cccc(C)c5)CC4)c23)cc1. The summed E-state index contributed by atoms with van der Waals surface area (Å²) in [4.78, 5) is 15.0. The number of aryl methyl sites for hydroxylation is 2. The number of aromatic nitrogens is 2. The van der Waals surface area contributed by atoms with Crippen LogP contribution in [0.15, 0.2) is 53.9 Å². The third-order valence-corrected chi connectivity index (χ3v) is 7.05. The Balaban J connectivity index is 1.47. The molecule has 2 aromatic carbocycles. The average Bonchev–Trinajstić information content (AvgIpc) is 3.22. The van der Waals surface area contributed by atoms with Crippen molar-refractivity contribution in [2.75, 3.05) is 36.0 Å². The van der Waals surface area contributed by atoms with Crippen LogP contribution in [0.25, 0.3) is 21.3 Å². The van der Waals surface area contributed by atoms with E-state index in [1.165, 1.54) is 27.9 Å². The van der Waals surface area contributed by atoms with Crippen LogP contribution in [0.5, 0.6) is 0 Å². The molecule has 1 aliphatic rings. The van der Waals surface area contributed by atoms with Crippen LogP contribution < -0.4 is 9.80 Å². The third kappa shape index (κ3) is 4.00. The van der Waals surface area contributed by atoms with Gasteiger partial charge in [-0.05, 0) is 53.8 Å². The molecule has 31 heavy (non-hydrogen) atoms. The number of rotatable bonds is 4. The Morgan fingerprint density at radius 1 is 0.968 bits per heavy atom. The van der Waals surface area contributed by atoms with Gasteiger partial charge >= 0.3 is 0 Å². The molecule has 0 amide bonds. The van der Waals surface area contributed by atoms with Gasteiger partial charge < -0.3 is 9.80 Å². The molecule has 4 aromatic rings. The van der Waals surface area contributed by atoms with Gasteiger partial charge in [-0.1, -0.05) is 43.3 Å². The van der Waals surface area contributed by atoms with E-state index < -0.39 is 0 Å². The Kier molecular flexibility index (Phi) is 5.55. The van der Waals surface area contributed by atoms with Gasteiger partial charge in [-0.25, -0.2) is 4.98 Å². The fourth-order valence-electron chi connectivity index (χ4n) is 4.26. The van der Waals surface area contributed by atoms with Crippen molar-refractivity contribution in [3.63, 3.8) is 0 Å². The zero-order valence-electron chi connectivity index (χ0n) is 17.8. The molecule has 1 saturated heterocycles. The van der Waals surface area contributed by atoms with E-state index in [-0.39, 0.29) is 0 Å². The lowest BCUT2D eigenvalue weighted by Crippen LogP contribution is -2.47. The lowest BCUT2D eigenvalue weighted by Gasteiger charge is -2.37. The van der Waals surface area contributed by atoms with E-state index >= 15 is 0 Å². The monoisotopic (exact) mass is 448 g/mol. The fourth-order valence-corrected chi connectivity index (χ4v) is 5.42. The fraction of sp³-hybridized carbons (Fsp3) is 0.280. The Morgan fingerprint density at radius 3 is 2.42 bits per heavy atom. The quantitative estimate of drug-likeness (QED) is 0.347. The van der Waals surface area contributed by atoms with Crippen molar-refractivity contribution < 1.29 is 0 Å². The minimum absolute atomic E-state index is 0.318. The number of hydrogen-bond donors (Lipinski definition) is 0. The Morgan fingerprint density at radius 2 is 1.71 bits per heavy atom. The highest BCUT2D eigenvalue weighted by Crippen LogP contribution is 2.39. The zero-order valence-corrected chi connectivity index (χ0v) is 19.4. The van der Waals surface area contributed by atoms with Crippen LogP contribution in [-0.4, -0.2) is 36.1 Å². The van der Waals surface area contributed by atoms with Crippen molar-refractivity contribution in [2.24, 2.45) is 0 Å². The maximum Gasteiger partial charge on any atom is 0.225 e. The Labute approximate surface area is 192 Å². The summed E-state index contributed by atoms with van der Waals surface area (Å²) in [5.74, 6) is 0.953. The van der Waals surface area contributed by atoms with Crippen molar-refractivity contribution in [3.8, 4) is 11.1 Å². The van der Waals surface area contributed by atoms with Gasteiger partial charge in [0.2, 0.25) is 5.28 Å². The highest BCUT2D eigenvalue weighted by atomic mass is 35.5. The van der Waals surface area contributed by atoms with Crippen LogP contribution in [0.1, 0.15) is 18.1 Å². The van der Waals surface area contributed by atoms with Crippen molar-refractivity contribution in [3.05, 3.63) is 70.3 Å². The summed E-state index contributed by atoms with van der Waals surface area (Å²) in [7, 11) is 0. The molecular formula is C25H25ClN4S. The summed E-state index contributed by atoms with van der Waals surface area (Å²) in [6.45, 7) is 8.04. The van der Waals surface area contributed by atoms with Crippen molar-refractivity contribution in [1.29, 1.82) is 0 Å². The first-order valence-corrected chi connectivity index (χ1v) is 12.0. The summed E-state index contributed by atoms with van der Waals surface area (Å²) in [5.41, 5.74) is 6.32. The number of benzene rings is 2. The topological polar surface area (TPSA) is 32.3 Å². The summed E-state index contributed by atoms with van der Waals surface area (Å²) in [6.07, 6.45) is 1.04. The number of anilines is 2. The third-order valence-electron chi connectivity index (χ3n) is 6.01. The van der Waals surface area contributed by atoms with E-state index in [9.17, 15) is 0 Å².